The first-order chi connectivity index (χ1) is 7.27. The number of hydrogen-bond donors (Lipinski definition) is 1. The molecule has 1 aliphatic rings. The fourth-order valence-corrected chi connectivity index (χ4v) is 2.64. The second-order valence-electron chi connectivity index (χ2n) is 4.15. The van der Waals surface area contributed by atoms with Crippen LogP contribution in [0.5, 0.6) is 5.75 Å². The van der Waals surface area contributed by atoms with Crippen molar-refractivity contribution in [3.63, 3.8) is 0 Å². The van der Waals surface area contributed by atoms with Crippen molar-refractivity contribution in [1.82, 2.24) is 15.1 Å². The van der Waals surface area contributed by atoms with E-state index in [-0.39, 0.29) is 0 Å². The zero-order chi connectivity index (χ0) is 10.8. The third-order valence-electron chi connectivity index (χ3n) is 3.41. The Balaban J connectivity index is 2.30. The molecule has 1 saturated carbocycles. The Hall–Kier alpha value is -1.03. The van der Waals surface area contributed by atoms with Gasteiger partial charge in [-0.2, -0.15) is 5.10 Å². The van der Waals surface area contributed by atoms with E-state index in [0.717, 1.165) is 5.75 Å². The fourth-order valence-electron chi connectivity index (χ4n) is 2.64. The van der Waals surface area contributed by atoms with Crippen LogP contribution in [0.4, 0.5) is 0 Å². The Morgan fingerprint density at radius 2 is 2.33 bits per heavy atom. The third-order valence-corrected chi connectivity index (χ3v) is 3.41. The Kier molecular flexibility index (Phi) is 2.95. The summed E-state index contributed by atoms with van der Waals surface area (Å²) in [5.74, 6) is 1.46. The number of methoxy groups -OCH3 is 1. The number of likely N-dealkylation sites (N-methyl/N-ethyl adjacent to an activating group) is 1. The molecule has 0 saturated heterocycles. The van der Waals surface area contributed by atoms with Crippen molar-refractivity contribution in [2.24, 2.45) is 7.05 Å². The summed E-state index contributed by atoms with van der Waals surface area (Å²) in [6.45, 7) is 0. The molecule has 0 radical (unpaired) electrons. The van der Waals surface area contributed by atoms with Crippen molar-refractivity contribution < 1.29 is 4.74 Å². The first kappa shape index (κ1) is 10.5. The minimum atomic E-state index is 0.539. The zero-order valence-corrected chi connectivity index (χ0v) is 9.66. The highest BCUT2D eigenvalue weighted by Gasteiger charge is 2.31. The van der Waals surface area contributed by atoms with Gasteiger partial charge in [0.25, 0.3) is 0 Å². The van der Waals surface area contributed by atoms with E-state index < -0.39 is 0 Å². The molecule has 1 heterocycles. The van der Waals surface area contributed by atoms with Gasteiger partial charge in [-0.05, 0) is 19.9 Å². The van der Waals surface area contributed by atoms with Crippen LogP contribution in [0.15, 0.2) is 6.20 Å². The summed E-state index contributed by atoms with van der Waals surface area (Å²) in [6, 6.07) is 0.564. The Labute approximate surface area is 90.6 Å². The zero-order valence-electron chi connectivity index (χ0n) is 9.66. The highest BCUT2D eigenvalue weighted by atomic mass is 16.5. The number of aryl methyl sites for hydroxylation is 1. The van der Waals surface area contributed by atoms with Crippen LogP contribution in [0.1, 0.15) is 30.9 Å². The second-order valence-corrected chi connectivity index (χ2v) is 4.15. The van der Waals surface area contributed by atoms with Crippen molar-refractivity contribution in [2.75, 3.05) is 14.2 Å². The number of nitrogens with zero attached hydrogens (tertiary/aromatic N) is 2. The van der Waals surface area contributed by atoms with E-state index >= 15 is 0 Å². The molecule has 0 spiro atoms. The topological polar surface area (TPSA) is 39.1 Å². The molecular weight excluding hydrogens is 190 g/mol. The van der Waals surface area contributed by atoms with Crippen molar-refractivity contribution in [2.45, 2.75) is 31.2 Å². The number of rotatable bonds is 3. The standard InChI is InChI=1S/C11H19N3O/c1-12-9-6-4-5-8(9)11-10(15-3)7-13-14(11)2/h7-9,12H,4-6H2,1-3H3. The Morgan fingerprint density at radius 3 is 3.00 bits per heavy atom. The summed E-state index contributed by atoms with van der Waals surface area (Å²) in [5.41, 5.74) is 1.23. The number of hydrogen-bond acceptors (Lipinski definition) is 3. The maximum atomic E-state index is 5.36. The van der Waals surface area contributed by atoms with Crippen LogP contribution in [-0.4, -0.2) is 30.0 Å². The molecule has 0 aliphatic heterocycles. The van der Waals surface area contributed by atoms with Crippen LogP contribution in [0, 0.1) is 0 Å². The number of aromatic nitrogens is 2. The van der Waals surface area contributed by atoms with Gasteiger partial charge in [0.1, 0.15) is 0 Å². The quantitative estimate of drug-likeness (QED) is 0.815. The normalized spacial score (nSPS) is 25.8. The summed E-state index contributed by atoms with van der Waals surface area (Å²) in [4.78, 5) is 0. The molecule has 1 aliphatic carbocycles. The van der Waals surface area contributed by atoms with E-state index in [9.17, 15) is 0 Å². The predicted octanol–water partition coefficient (Wildman–Crippen LogP) is 1.28. The van der Waals surface area contributed by atoms with Crippen LogP contribution >= 0.6 is 0 Å². The Morgan fingerprint density at radius 1 is 1.53 bits per heavy atom. The molecule has 2 unspecified atom stereocenters. The molecule has 0 aromatic carbocycles. The van der Waals surface area contributed by atoms with Gasteiger partial charge in [-0.1, -0.05) is 6.42 Å². The lowest BCUT2D eigenvalue weighted by Crippen LogP contribution is -2.28. The van der Waals surface area contributed by atoms with Gasteiger partial charge in [0, 0.05) is 19.0 Å². The van der Waals surface area contributed by atoms with E-state index in [1.807, 2.05) is 18.8 Å². The van der Waals surface area contributed by atoms with E-state index in [1.54, 1.807) is 13.3 Å². The first-order valence-corrected chi connectivity index (χ1v) is 5.51. The van der Waals surface area contributed by atoms with Crippen LogP contribution in [0.3, 0.4) is 0 Å². The largest absolute Gasteiger partial charge is 0.493 e. The summed E-state index contributed by atoms with van der Waals surface area (Å²) in [5, 5.41) is 7.65. The molecular formula is C11H19N3O. The third kappa shape index (κ3) is 1.74. The molecule has 4 nitrogen and oxygen atoms in total. The fraction of sp³-hybridized carbons (Fsp3) is 0.727. The van der Waals surface area contributed by atoms with Gasteiger partial charge >= 0.3 is 0 Å². The molecule has 1 aromatic heterocycles. The summed E-state index contributed by atoms with van der Waals surface area (Å²) in [7, 11) is 5.73. The monoisotopic (exact) mass is 209 g/mol. The minimum Gasteiger partial charge on any atom is -0.493 e. The average Bonchev–Trinajstić information content (AvgIpc) is 2.82. The van der Waals surface area contributed by atoms with Gasteiger partial charge in [-0.25, -0.2) is 0 Å². The lowest BCUT2D eigenvalue weighted by Gasteiger charge is -2.20. The van der Waals surface area contributed by atoms with E-state index in [4.69, 9.17) is 4.74 Å². The second kappa shape index (κ2) is 4.23. The van der Waals surface area contributed by atoms with Gasteiger partial charge in [0.2, 0.25) is 0 Å². The van der Waals surface area contributed by atoms with E-state index in [1.165, 1.54) is 25.0 Å². The highest BCUT2D eigenvalue weighted by molar-refractivity contribution is 5.30. The van der Waals surface area contributed by atoms with Gasteiger partial charge in [-0.15, -0.1) is 0 Å². The molecule has 4 heteroatoms. The minimum absolute atomic E-state index is 0.539. The lowest BCUT2D eigenvalue weighted by atomic mass is 9.99. The van der Waals surface area contributed by atoms with Gasteiger partial charge in [-0.3, -0.25) is 4.68 Å². The molecule has 2 rings (SSSR count). The van der Waals surface area contributed by atoms with Crippen LogP contribution < -0.4 is 10.1 Å². The first-order valence-electron chi connectivity index (χ1n) is 5.51. The summed E-state index contributed by atoms with van der Waals surface area (Å²) >= 11 is 0. The molecule has 84 valence electrons. The molecule has 1 aromatic rings. The summed E-state index contributed by atoms with van der Waals surface area (Å²) in [6.07, 6.45) is 5.56. The number of nitrogens with one attached hydrogen (secondary N) is 1. The van der Waals surface area contributed by atoms with Crippen molar-refractivity contribution in [1.29, 1.82) is 0 Å². The van der Waals surface area contributed by atoms with Gasteiger partial charge in [0.05, 0.1) is 19.0 Å². The average molecular weight is 209 g/mol. The van der Waals surface area contributed by atoms with Gasteiger partial charge in [0.15, 0.2) is 5.75 Å². The van der Waals surface area contributed by atoms with E-state index in [0.29, 0.717) is 12.0 Å². The molecule has 1 N–H and O–H groups in total. The molecule has 0 bridgehead atoms. The lowest BCUT2D eigenvalue weighted by molar-refractivity contribution is 0.395. The van der Waals surface area contributed by atoms with Crippen LogP contribution in [-0.2, 0) is 7.05 Å². The van der Waals surface area contributed by atoms with E-state index in [2.05, 4.69) is 10.4 Å². The van der Waals surface area contributed by atoms with Crippen molar-refractivity contribution in [3.8, 4) is 5.75 Å². The predicted molar refractivity (Wildman–Crippen MR) is 59.2 cm³/mol. The van der Waals surface area contributed by atoms with Crippen LogP contribution in [0.2, 0.25) is 0 Å². The molecule has 0 amide bonds. The Bertz CT molecular complexity index is 335. The molecule has 15 heavy (non-hydrogen) atoms. The number of ether oxygens (including phenoxy) is 1. The molecule has 2 atom stereocenters. The smallest absolute Gasteiger partial charge is 0.160 e. The van der Waals surface area contributed by atoms with Crippen molar-refractivity contribution >= 4 is 0 Å². The van der Waals surface area contributed by atoms with Crippen LogP contribution in [0.25, 0.3) is 0 Å². The van der Waals surface area contributed by atoms with Gasteiger partial charge < -0.3 is 10.1 Å². The summed E-state index contributed by atoms with van der Waals surface area (Å²) < 4.78 is 7.30. The highest BCUT2D eigenvalue weighted by Crippen LogP contribution is 2.38. The van der Waals surface area contributed by atoms with Crippen molar-refractivity contribution in [3.05, 3.63) is 11.9 Å². The maximum absolute atomic E-state index is 5.36. The molecule has 1 fully saturated rings. The SMILES string of the molecule is CNC1CCCC1c1c(OC)cnn1C. The maximum Gasteiger partial charge on any atom is 0.160 e.